The van der Waals surface area contributed by atoms with Crippen LogP contribution in [0.5, 0.6) is 0 Å². The number of halogens is 2. The summed E-state index contributed by atoms with van der Waals surface area (Å²) in [6, 6.07) is 11.8. The van der Waals surface area contributed by atoms with E-state index in [2.05, 4.69) is 12.2 Å². The monoisotopic (exact) mass is 555 g/mol. The molecule has 1 heterocycles. The van der Waals surface area contributed by atoms with Crippen molar-refractivity contribution in [3.05, 3.63) is 58.9 Å². The number of rotatable bonds is 12. The van der Waals surface area contributed by atoms with Crippen molar-refractivity contribution >= 4 is 29.3 Å². The molecule has 3 N–H and O–H groups in total. The Morgan fingerprint density at radius 1 is 1.10 bits per heavy atom. The van der Waals surface area contributed by atoms with Crippen LogP contribution in [0.3, 0.4) is 0 Å². The fraction of sp³-hybridized carbons (Fsp3) is 0.516. The van der Waals surface area contributed by atoms with Gasteiger partial charge in [0.25, 0.3) is 0 Å². The molecule has 4 rings (SSSR count). The molecule has 3 atom stereocenters. The molecular formula is C31H39ClFN3O3. The lowest BCUT2D eigenvalue weighted by atomic mass is 9.82. The van der Waals surface area contributed by atoms with Crippen molar-refractivity contribution in [2.75, 3.05) is 6.54 Å². The highest BCUT2D eigenvalue weighted by molar-refractivity contribution is 6.31. The maximum Gasteiger partial charge on any atom is 0.245 e. The minimum Gasteiger partial charge on any atom is -0.369 e. The number of carbonyl (C=O) groups excluding carboxylic acids is 3. The summed E-state index contributed by atoms with van der Waals surface area (Å²) >= 11 is 5.98. The lowest BCUT2D eigenvalue weighted by Crippen LogP contribution is -2.50. The third-order valence-corrected chi connectivity index (χ3v) is 8.28. The second-order valence-electron chi connectivity index (χ2n) is 11.1. The van der Waals surface area contributed by atoms with Gasteiger partial charge in [-0.05, 0) is 72.9 Å². The van der Waals surface area contributed by atoms with Crippen molar-refractivity contribution in [2.24, 2.45) is 23.5 Å². The van der Waals surface area contributed by atoms with E-state index in [1.54, 1.807) is 17.0 Å². The van der Waals surface area contributed by atoms with E-state index in [4.69, 9.17) is 17.3 Å². The van der Waals surface area contributed by atoms with E-state index < -0.39 is 29.6 Å². The molecule has 1 aliphatic heterocycles. The second kappa shape index (κ2) is 13.4. The predicted molar refractivity (Wildman–Crippen MR) is 151 cm³/mol. The Balaban J connectivity index is 1.47. The summed E-state index contributed by atoms with van der Waals surface area (Å²) in [4.78, 5) is 41.3. The van der Waals surface area contributed by atoms with Crippen LogP contribution in [0.4, 0.5) is 4.39 Å². The highest BCUT2D eigenvalue weighted by atomic mass is 35.5. The van der Waals surface area contributed by atoms with Crippen LogP contribution in [0.1, 0.15) is 70.3 Å². The molecule has 3 amide bonds. The van der Waals surface area contributed by atoms with Gasteiger partial charge in [-0.2, -0.15) is 0 Å². The first-order valence-corrected chi connectivity index (χ1v) is 14.6. The van der Waals surface area contributed by atoms with Gasteiger partial charge in [0.15, 0.2) is 0 Å². The summed E-state index contributed by atoms with van der Waals surface area (Å²) in [5.74, 6) is -1.78. The molecule has 8 heteroatoms. The SMILES string of the molecule is CCCC[C@H](C(N)=O)[C@@H](CC1CC1)C(=O)N[C@H]1CCCCN(Cc2cccc(-c3ccc(F)c(Cl)c3)c2)C1=O. The van der Waals surface area contributed by atoms with Gasteiger partial charge in [-0.25, -0.2) is 4.39 Å². The average Bonchev–Trinajstić information content (AvgIpc) is 3.75. The molecule has 2 aromatic rings. The zero-order chi connectivity index (χ0) is 27.9. The van der Waals surface area contributed by atoms with E-state index >= 15 is 0 Å². The molecule has 39 heavy (non-hydrogen) atoms. The fourth-order valence-corrected chi connectivity index (χ4v) is 5.73. The molecule has 2 fully saturated rings. The summed E-state index contributed by atoms with van der Waals surface area (Å²) in [5, 5.41) is 3.09. The van der Waals surface area contributed by atoms with E-state index in [1.807, 2.05) is 24.3 Å². The van der Waals surface area contributed by atoms with Gasteiger partial charge in [-0.3, -0.25) is 14.4 Å². The van der Waals surface area contributed by atoms with Crippen LogP contribution in [-0.2, 0) is 20.9 Å². The van der Waals surface area contributed by atoms with Crippen molar-refractivity contribution in [3.8, 4) is 11.1 Å². The van der Waals surface area contributed by atoms with E-state index in [-0.39, 0.29) is 16.8 Å². The van der Waals surface area contributed by atoms with Crippen molar-refractivity contribution < 1.29 is 18.8 Å². The quantitative estimate of drug-likeness (QED) is 0.344. The number of nitrogens with one attached hydrogen (secondary N) is 1. The number of carbonyl (C=O) groups is 3. The van der Waals surface area contributed by atoms with Gasteiger partial charge in [0.1, 0.15) is 11.9 Å². The van der Waals surface area contributed by atoms with Crippen LogP contribution in [0.15, 0.2) is 42.5 Å². The predicted octanol–water partition coefficient (Wildman–Crippen LogP) is 5.85. The van der Waals surface area contributed by atoms with Gasteiger partial charge >= 0.3 is 0 Å². The van der Waals surface area contributed by atoms with Gasteiger partial charge in [0.05, 0.1) is 5.02 Å². The summed E-state index contributed by atoms with van der Waals surface area (Å²) in [5.41, 5.74) is 8.37. The maximum absolute atomic E-state index is 13.6. The van der Waals surface area contributed by atoms with E-state index in [0.29, 0.717) is 38.3 Å². The average molecular weight is 556 g/mol. The molecule has 2 aliphatic rings. The lowest BCUT2D eigenvalue weighted by molar-refractivity contribution is -0.139. The van der Waals surface area contributed by atoms with Crippen molar-refractivity contribution in [2.45, 2.75) is 77.3 Å². The third-order valence-electron chi connectivity index (χ3n) is 7.99. The van der Waals surface area contributed by atoms with E-state index in [9.17, 15) is 18.8 Å². The van der Waals surface area contributed by atoms with Crippen molar-refractivity contribution in [1.82, 2.24) is 10.2 Å². The molecule has 0 unspecified atom stereocenters. The highest BCUT2D eigenvalue weighted by Gasteiger charge is 2.39. The zero-order valence-corrected chi connectivity index (χ0v) is 23.4. The van der Waals surface area contributed by atoms with Gasteiger partial charge in [0.2, 0.25) is 17.7 Å². The standard InChI is InChI=1S/C31H39ClFN3O3/c1-2-3-9-24(29(34)37)25(17-20-11-12-20)30(38)35-28-10-4-5-15-36(31(28)39)19-21-7-6-8-22(16-21)23-13-14-27(33)26(32)18-23/h6-8,13-14,16,18,20,24-25,28H,2-5,9-12,15,17,19H2,1H3,(H2,34,37)(H,35,38)/t24-,25+,28-/m0/s1. The molecule has 0 spiro atoms. The van der Waals surface area contributed by atoms with E-state index in [1.165, 1.54) is 6.07 Å². The second-order valence-corrected chi connectivity index (χ2v) is 11.5. The summed E-state index contributed by atoms with van der Waals surface area (Å²) in [6.45, 7) is 3.06. The Morgan fingerprint density at radius 2 is 1.87 bits per heavy atom. The van der Waals surface area contributed by atoms with Crippen molar-refractivity contribution in [3.63, 3.8) is 0 Å². The summed E-state index contributed by atoms with van der Waals surface area (Å²) < 4.78 is 13.6. The number of nitrogens with two attached hydrogens (primary N) is 1. The minimum atomic E-state index is -0.625. The molecule has 0 bridgehead atoms. The number of hydrogen-bond acceptors (Lipinski definition) is 3. The number of unbranched alkanes of at least 4 members (excludes halogenated alkanes) is 1. The molecule has 0 aromatic heterocycles. The Hall–Kier alpha value is -2.93. The minimum absolute atomic E-state index is 0.0624. The van der Waals surface area contributed by atoms with Gasteiger partial charge in [0, 0.05) is 24.9 Å². The maximum atomic E-state index is 13.6. The van der Waals surface area contributed by atoms with Crippen LogP contribution in [0.25, 0.3) is 11.1 Å². The fourth-order valence-electron chi connectivity index (χ4n) is 5.55. The highest BCUT2D eigenvalue weighted by Crippen LogP contribution is 2.38. The normalized spacial score (nSPS) is 19.3. The number of nitrogens with zero attached hydrogens (tertiary/aromatic N) is 1. The molecule has 210 valence electrons. The molecular weight excluding hydrogens is 517 g/mol. The Bertz CT molecular complexity index is 1190. The number of hydrogen-bond donors (Lipinski definition) is 2. The topological polar surface area (TPSA) is 92.5 Å². The van der Waals surface area contributed by atoms with Gasteiger partial charge in [-0.15, -0.1) is 0 Å². The van der Waals surface area contributed by atoms with Crippen LogP contribution in [0.2, 0.25) is 5.02 Å². The summed E-state index contributed by atoms with van der Waals surface area (Å²) in [7, 11) is 0. The van der Waals surface area contributed by atoms with Crippen LogP contribution < -0.4 is 11.1 Å². The molecule has 2 aromatic carbocycles. The molecule has 1 saturated heterocycles. The Kier molecular flexibility index (Phi) is 10.0. The van der Waals surface area contributed by atoms with Gasteiger partial charge < -0.3 is 16.0 Å². The third kappa shape index (κ3) is 7.81. The molecule has 1 saturated carbocycles. The number of likely N-dealkylation sites (tertiary alicyclic amines) is 1. The number of amides is 3. The van der Waals surface area contributed by atoms with Crippen LogP contribution in [0, 0.1) is 23.6 Å². The number of primary amides is 1. The number of benzene rings is 2. The van der Waals surface area contributed by atoms with Crippen molar-refractivity contribution in [1.29, 1.82) is 0 Å². The first-order valence-electron chi connectivity index (χ1n) is 14.2. The zero-order valence-electron chi connectivity index (χ0n) is 22.6. The molecule has 0 radical (unpaired) electrons. The first kappa shape index (κ1) is 29.1. The molecule has 1 aliphatic carbocycles. The largest absolute Gasteiger partial charge is 0.369 e. The van der Waals surface area contributed by atoms with Crippen LogP contribution >= 0.6 is 11.6 Å². The van der Waals surface area contributed by atoms with Gasteiger partial charge in [-0.1, -0.05) is 68.5 Å². The van der Waals surface area contributed by atoms with Crippen LogP contribution in [-0.4, -0.2) is 35.2 Å². The lowest BCUT2D eigenvalue weighted by Gasteiger charge is -2.28. The first-order chi connectivity index (χ1) is 18.8. The smallest absolute Gasteiger partial charge is 0.245 e. The Labute approximate surface area is 235 Å². The summed E-state index contributed by atoms with van der Waals surface area (Å²) in [6.07, 6.45) is 7.38. The Morgan fingerprint density at radius 3 is 2.56 bits per heavy atom. The van der Waals surface area contributed by atoms with E-state index in [0.717, 1.165) is 55.2 Å². The molecule has 6 nitrogen and oxygen atoms in total.